The van der Waals surface area contributed by atoms with E-state index in [1.165, 1.54) is 0 Å². The van der Waals surface area contributed by atoms with Crippen LogP contribution in [0.15, 0.2) is 0 Å². The van der Waals surface area contributed by atoms with Crippen LogP contribution in [0.25, 0.3) is 0 Å². The fourth-order valence-electron chi connectivity index (χ4n) is 3.62. The van der Waals surface area contributed by atoms with E-state index in [1.54, 1.807) is 4.90 Å². The Labute approximate surface area is 95.6 Å². The average molecular weight is 225 g/mol. The number of carbonyl (C=O) groups excluding carboxylic acids is 1. The van der Waals surface area contributed by atoms with Gasteiger partial charge in [-0.25, -0.2) is 4.79 Å². The molecule has 0 aliphatic heterocycles. The third kappa shape index (κ3) is 1.43. The molecule has 3 atom stereocenters. The molecule has 2 aliphatic rings. The Bertz CT molecular complexity index is 305. The zero-order chi connectivity index (χ0) is 11.8. The fraction of sp³-hybridized carbons (Fsp3) is 0.833. The van der Waals surface area contributed by atoms with Crippen LogP contribution in [-0.4, -0.2) is 34.5 Å². The van der Waals surface area contributed by atoms with Crippen molar-refractivity contribution in [2.24, 2.45) is 11.8 Å². The van der Waals surface area contributed by atoms with Gasteiger partial charge in [0.25, 0.3) is 0 Å². The van der Waals surface area contributed by atoms with E-state index >= 15 is 0 Å². The maximum absolute atomic E-state index is 11.6. The van der Waals surface area contributed by atoms with Crippen LogP contribution in [0, 0.1) is 11.8 Å². The summed E-state index contributed by atoms with van der Waals surface area (Å²) in [5, 5.41) is 9.51. The van der Waals surface area contributed by atoms with Gasteiger partial charge in [-0.15, -0.1) is 0 Å². The van der Waals surface area contributed by atoms with Crippen molar-refractivity contribution >= 4 is 12.4 Å². The number of fused-ring (bicyclic) bond motifs is 2. The molecule has 0 spiro atoms. The molecule has 2 rings (SSSR count). The second kappa shape index (κ2) is 4.07. The van der Waals surface area contributed by atoms with Gasteiger partial charge < -0.3 is 10.0 Å². The highest BCUT2D eigenvalue weighted by atomic mass is 16.4. The van der Waals surface area contributed by atoms with Crippen molar-refractivity contribution in [3.63, 3.8) is 0 Å². The van der Waals surface area contributed by atoms with E-state index in [4.69, 9.17) is 0 Å². The lowest BCUT2D eigenvalue weighted by Gasteiger charge is -2.41. The number of nitrogens with zero attached hydrogens (tertiary/aromatic N) is 1. The molecule has 4 nitrogen and oxygen atoms in total. The first-order chi connectivity index (χ1) is 7.65. The highest BCUT2D eigenvalue weighted by Crippen LogP contribution is 2.53. The van der Waals surface area contributed by atoms with E-state index in [0.29, 0.717) is 18.9 Å². The molecule has 0 heterocycles. The first kappa shape index (κ1) is 11.4. The zero-order valence-corrected chi connectivity index (χ0v) is 9.69. The predicted octanol–water partition coefficient (Wildman–Crippen LogP) is 1.50. The minimum absolute atomic E-state index is 0.173. The summed E-state index contributed by atoms with van der Waals surface area (Å²) < 4.78 is 0. The lowest BCUT2D eigenvalue weighted by molar-refractivity contribution is -0.159. The summed E-state index contributed by atoms with van der Waals surface area (Å²) in [7, 11) is 0. The van der Waals surface area contributed by atoms with Gasteiger partial charge in [-0.3, -0.25) is 4.79 Å². The van der Waals surface area contributed by atoms with E-state index < -0.39 is 11.5 Å². The molecule has 16 heavy (non-hydrogen) atoms. The Balaban J connectivity index is 2.28. The molecule has 2 bridgehead atoms. The summed E-state index contributed by atoms with van der Waals surface area (Å²) in [6.07, 6.45) is 5.29. The van der Waals surface area contributed by atoms with E-state index in [9.17, 15) is 14.7 Å². The molecular weight excluding hydrogens is 206 g/mol. The summed E-state index contributed by atoms with van der Waals surface area (Å²) in [5.41, 5.74) is -0.888. The molecule has 2 saturated carbocycles. The first-order valence-corrected chi connectivity index (χ1v) is 6.10. The molecule has 3 unspecified atom stereocenters. The number of rotatable bonds is 5. The molecule has 0 aromatic heterocycles. The van der Waals surface area contributed by atoms with Gasteiger partial charge in [0.15, 0.2) is 0 Å². The molecule has 0 aromatic rings. The number of aliphatic carboxylic acids is 1. The van der Waals surface area contributed by atoms with Crippen LogP contribution in [0.5, 0.6) is 0 Å². The molecule has 0 saturated heterocycles. The third-order valence-corrected chi connectivity index (χ3v) is 4.29. The average Bonchev–Trinajstić information content (AvgIpc) is 2.85. The van der Waals surface area contributed by atoms with Crippen molar-refractivity contribution in [3.05, 3.63) is 0 Å². The predicted molar refractivity (Wildman–Crippen MR) is 58.9 cm³/mol. The fourth-order valence-corrected chi connectivity index (χ4v) is 3.62. The van der Waals surface area contributed by atoms with Crippen LogP contribution in [-0.2, 0) is 9.59 Å². The van der Waals surface area contributed by atoms with Crippen molar-refractivity contribution in [3.8, 4) is 0 Å². The molecule has 1 N–H and O–H groups in total. The van der Waals surface area contributed by atoms with Crippen LogP contribution < -0.4 is 0 Å². The lowest BCUT2D eigenvalue weighted by atomic mass is 9.79. The molecule has 0 aromatic carbocycles. The quantitative estimate of drug-likeness (QED) is 0.721. The molecule has 4 heteroatoms. The van der Waals surface area contributed by atoms with Gasteiger partial charge in [-0.1, -0.05) is 6.92 Å². The second-order valence-corrected chi connectivity index (χ2v) is 5.11. The standard InChI is InChI=1S/C12H19NO3/c1-2-5-13(8-14)12(11(15)16)7-9-3-4-10(12)6-9/h8-10H,2-7H2,1H3,(H,15,16). The monoisotopic (exact) mass is 225 g/mol. The Hall–Kier alpha value is -1.06. The summed E-state index contributed by atoms with van der Waals surface area (Å²) in [5.74, 6) is -0.118. The zero-order valence-electron chi connectivity index (χ0n) is 9.69. The van der Waals surface area contributed by atoms with Gasteiger partial charge in [0.05, 0.1) is 0 Å². The number of hydrogen-bond acceptors (Lipinski definition) is 2. The van der Waals surface area contributed by atoms with Crippen molar-refractivity contribution in [2.45, 2.75) is 44.6 Å². The van der Waals surface area contributed by atoms with E-state index in [1.807, 2.05) is 6.92 Å². The summed E-state index contributed by atoms with van der Waals surface area (Å²) in [6.45, 7) is 2.53. The Morgan fingerprint density at radius 1 is 1.56 bits per heavy atom. The van der Waals surface area contributed by atoms with Gasteiger partial charge in [-0.05, 0) is 43.9 Å². The minimum atomic E-state index is -0.888. The molecule has 0 radical (unpaired) electrons. The van der Waals surface area contributed by atoms with Crippen LogP contribution in [0.3, 0.4) is 0 Å². The maximum atomic E-state index is 11.6. The summed E-state index contributed by atoms with van der Waals surface area (Å²) in [6, 6.07) is 0. The van der Waals surface area contributed by atoms with Crippen LogP contribution in [0.1, 0.15) is 39.0 Å². The lowest BCUT2D eigenvalue weighted by Crippen LogP contribution is -2.57. The normalized spacial score (nSPS) is 36.3. The largest absolute Gasteiger partial charge is 0.479 e. The summed E-state index contributed by atoms with van der Waals surface area (Å²) >= 11 is 0. The van der Waals surface area contributed by atoms with Crippen molar-refractivity contribution < 1.29 is 14.7 Å². The number of amides is 1. The van der Waals surface area contributed by atoms with Crippen LogP contribution >= 0.6 is 0 Å². The smallest absolute Gasteiger partial charge is 0.329 e. The van der Waals surface area contributed by atoms with Gasteiger partial charge >= 0.3 is 5.97 Å². The Kier molecular flexibility index (Phi) is 2.91. The van der Waals surface area contributed by atoms with E-state index in [0.717, 1.165) is 32.1 Å². The first-order valence-electron chi connectivity index (χ1n) is 6.10. The van der Waals surface area contributed by atoms with Crippen molar-refractivity contribution in [1.29, 1.82) is 0 Å². The van der Waals surface area contributed by atoms with Gasteiger partial charge in [0, 0.05) is 6.54 Å². The molecule has 90 valence electrons. The Morgan fingerprint density at radius 3 is 2.69 bits per heavy atom. The minimum Gasteiger partial charge on any atom is -0.479 e. The van der Waals surface area contributed by atoms with Crippen LogP contribution in [0.4, 0.5) is 0 Å². The SMILES string of the molecule is CCCN(C=O)C1(C(=O)O)CC2CCC1C2. The van der Waals surface area contributed by atoms with Gasteiger partial charge in [0.1, 0.15) is 5.54 Å². The number of hydrogen-bond donors (Lipinski definition) is 1. The second-order valence-electron chi connectivity index (χ2n) is 5.11. The Morgan fingerprint density at radius 2 is 2.31 bits per heavy atom. The molecule has 2 fully saturated rings. The van der Waals surface area contributed by atoms with Gasteiger partial charge in [0.2, 0.25) is 6.41 Å². The topological polar surface area (TPSA) is 57.6 Å². The number of carboxylic acid groups (broad SMARTS) is 1. The number of carboxylic acids is 1. The maximum Gasteiger partial charge on any atom is 0.329 e. The third-order valence-electron chi connectivity index (χ3n) is 4.29. The van der Waals surface area contributed by atoms with E-state index in [-0.39, 0.29) is 5.92 Å². The van der Waals surface area contributed by atoms with Crippen LogP contribution in [0.2, 0.25) is 0 Å². The highest BCUT2D eigenvalue weighted by Gasteiger charge is 2.58. The molecule has 2 aliphatic carbocycles. The van der Waals surface area contributed by atoms with Gasteiger partial charge in [-0.2, -0.15) is 0 Å². The number of carbonyl (C=O) groups is 2. The summed E-state index contributed by atoms with van der Waals surface area (Å²) in [4.78, 5) is 24.3. The molecular formula is C12H19NO3. The highest BCUT2D eigenvalue weighted by molar-refractivity contribution is 5.82. The molecule has 1 amide bonds. The van der Waals surface area contributed by atoms with E-state index in [2.05, 4.69) is 0 Å². The van der Waals surface area contributed by atoms with Crippen molar-refractivity contribution in [1.82, 2.24) is 4.90 Å². The van der Waals surface area contributed by atoms with Crippen molar-refractivity contribution in [2.75, 3.05) is 6.54 Å².